The maximum absolute atomic E-state index is 13.1. The van der Waals surface area contributed by atoms with Crippen molar-refractivity contribution < 1.29 is 29.2 Å². The number of rotatable bonds is 11. The van der Waals surface area contributed by atoms with Gasteiger partial charge >= 0.3 is 12.1 Å². The van der Waals surface area contributed by atoms with Crippen molar-refractivity contribution in [2.45, 2.75) is 31.5 Å². The normalized spacial score (nSPS) is 12.1. The van der Waals surface area contributed by atoms with Gasteiger partial charge in [-0.15, -0.1) is 0 Å². The van der Waals surface area contributed by atoms with E-state index in [0.29, 0.717) is 0 Å². The average molecular weight is 492 g/mol. The third-order valence-electron chi connectivity index (χ3n) is 5.33. The Morgan fingerprint density at radius 1 is 0.806 bits per heavy atom. The molecule has 0 heterocycles. The van der Waals surface area contributed by atoms with Gasteiger partial charge in [-0.25, -0.2) is 9.59 Å². The third kappa shape index (κ3) is 7.66. The highest BCUT2D eigenvalue weighted by Crippen LogP contribution is 2.19. The summed E-state index contributed by atoms with van der Waals surface area (Å²) in [7, 11) is 0. The topological polar surface area (TPSA) is 148 Å². The minimum absolute atomic E-state index is 0.0121. The Kier molecular flexibility index (Phi) is 9.10. The molecule has 186 valence electrons. The lowest BCUT2D eigenvalue weighted by atomic mass is 10.0. The Bertz CT molecular complexity index is 1200. The monoisotopic (exact) mass is 491 g/mol. The molecule has 0 spiro atoms. The highest BCUT2D eigenvalue weighted by atomic mass is 16.6. The Morgan fingerprint density at radius 2 is 1.39 bits per heavy atom. The van der Waals surface area contributed by atoms with Crippen molar-refractivity contribution in [3.8, 4) is 0 Å². The first-order valence-electron chi connectivity index (χ1n) is 11.1. The lowest BCUT2D eigenvalue weighted by Gasteiger charge is -2.21. The molecule has 3 aromatic rings. The number of ether oxygens (including phenoxy) is 1. The number of nitrogens with one attached hydrogen (secondary N) is 2. The zero-order chi connectivity index (χ0) is 25.9. The average Bonchev–Trinajstić information content (AvgIpc) is 2.88. The van der Waals surface area contributed by atoms with Crippen LogP contribution in [0.25, 0.3) is 0 Å². The van der Waals surface area contributed by atoms with Gasteiger partial charge in [-0.3, -0.25) is 14.9 Å². The molecule has 0 aliphatic rings. The Hall–Kier alpha value is -4.73. The van der Waals surface area contributed by atoms with E-state index in [1.54, 1.807) is 60.7 Å². The van der Waals surface area contributed by atoms with E-state index < -0.39 is 35.0 Å². The molecule has 2 atom stereocenters. The van der Waals surface area contributed by atoms with Crippen molar-refractivity contribution in [2.75, 3.05) is 0 Å². The Morgan fingerprint density at radius 3 is 2.00 bits per heavy atom. The molecule has 10 nitrogen and oxygen atoms in total. The van der Waals surface area contributed by atoms with Crippen LogP contribution in [0.15, 0.2) is 84.9 Å². The van der Waals surface area contributed by atoms with Crippen LogP contribution in [0.1, 0.15) is 16.7 Å². The number of benzene rings is 3. The highest BCUT2D eigenvalue weighted by molar-refractivity contribution is 5.89. The second kappa shape index (κ2) is 12.7. The Balaban J connectivity index is 1.73. The smallest absolute Gasteiger partial charge is 0.408 e. The summed E-state index contributed by atoms with van der Waals surface area (Å²) in [5.41, 5.74) is 1.39. The van der Waals surface area contributed by atoms with Gasteiger partial charge in [0.1, 0.15) is 18.7 Å². The lowest BCUT2D eigenvalue weighted by molar-refractivity contribution is -0.385. The molecule has 0 fully saturated rings. The number of carboxylic acid groups (broad SMARTS) is 1. The molecule has 0 unspecified atom stereocenters. The minimum Gasteiger partial charge on any atom is -0.480 e. The number of nitro benzene ring substituents is 1. The summed E-state index contributed by atoms with van der Waals surface area (Å²) in [6.07, 6.45) is -1.08. The second-order valence-corrected chi connectivity index (χ2v) is 7.94. The summed E-state index contributed by atoms with van der Waals surface area (Å²) in [5.74, 6) is -2.13. The number of amides is 2. The molecule has 0 aliphatic heterocycles. The molecular weight excluding hydrogens is 466 g/mol. The van der Waals surface area contributed by atoms with Crippen molar-refractivity contribution in [1.82, 2.24) is 10.6 Å². The van der Waals surface area contributed by atoms with E-state index in [0.717, 1.165) is 11.1 Å². The predicted octanol–water partition coefficient (Wildman–Crippen LogP) is 3.24. The SMILES string of the molecule is O=C(N[C@H](Cc1ccccc1)C(=O)N[C@H](Cc1ccccc1[N+](=O)[O-])C(=O)O)OCc1ccccc1. The van der Waals surface area contributed by atoms with Crippen molar-refractivity contribution in [3.63, 3.8) is 0 Å². The molecule has 0 saturated heterocycles. The lowest BCUT2D eigenvalue weighted by Crippen LogP contribution is -2.53. The van der Waals surface area contributed by atoms with Gasteiger partial charge in [0.05, 0.1) is 4.92 Å². The molecule has 0 saturated carbocycles. The van der Waals surface area contributed by atoms with Crippen LogP contribution in [-0.2, 0) is 33.8 Å². The molecule has 36 heavy (non-hydrogen) atoms. The summed E-state index contributed by atoms with van der Waals surface area (Å²) in [5, 5.41) is 25.9. The van der Waals surface area contributed by atoms with E-state index in [1.807, 2.05) is 6.07 Å². The van der Waals surface area contributed by atoms with E-state index in [1.165, 1.54) is 18.2 Å². The number of carboxylic acids is 1. The van der Waals surface area contributed by atoms with E-state index in [4.69, 9.17) is 4.74 Å². The maximum atomic E-state index is 13.1. The van der Waals surface area contributed by atoms with Crippen LogP contribution in [0.4, 0.5) is 10.5 Å². The first kappa shape index (κ1) is 25.9. The van der Waals surface area contributed by atoms with Crippen LogP contribution >= 0.6 is 0 Å². The van der Waals surface area contributed by atoms with Crippen molar-refractivity contribution >= 4 is 23.7 Å². The molecule has 2 amide bonds. The van der Waals surface area contributed by atoms with Gasteiger partial charge in [-0.2, -0.15) is 0 Å². The number of hydrogen-bond acceptors (Lipinski definition) is 6. The molecule has 0 aromatic heterocycles. The van der Waals surface area contributed by atoms with Crippen LogP contribution in [0.2, 0.25) is 0 Å². The number of nitrogens with zero attached hydrogens (tertiary/aromatic N) is 1. The summed E-state index contributed by atoms with van der Waals surface area (Å²) in [6.45, 7) is -0.0121. The number of hydrogen-bond donors (Lipinski definition) is 3. The van der Waals surface area contributed by atoms with Gasteiger partial charge in [0.2, 0.25) is 5.91 Å². The van der Waals surface area contributed by atoms with E-state index >= 15 is 0 Å². The second-order valence-electron chi connectivity index (χ2n) is 7.94. The summed E-state index contributed by atoms with van der Waals surface area (Å²) < 4.78 is 5.22. The quantitative estimate of drug-likeness (QED) is 0.275. The Labute approximate surface area is 207 Å². The maximum Gasteiger partial charge on any atom is 0.408 e. The van der Waals surface area contributed by atoms with Gasteiger partial charge in [0.25, 0.3) is 5.69 Å². The van der Waals surface area contributed by atoms with Gasteiger partial charge in [-0.1, -0.05) is 78.9 Å². The van der Waals surface area contributed by atoms with E-state index in [-0.39, 0.29) is 30.7 Å². The summed E-state index contributed by atoms with van der Waals surface area (Å²) >= 11 is 0. The van der Waals surface area contributed by atoms with E-state index in [2.05, 4.69) is 10.6 Å². The standard InChI is InChI=1S/C26H25N3O7/c30-24(27-22(25(31)32)16-20-13-7-8-14-23(20)29(34)35)21(15-18-9-3-1-4-10-18)28-26(33)36-17-19-11-5-2-6-12-19/h1-14,21-22H,15-17H2,(H,27,30)(H,28,33)(H,31,32)/t21-,22-/m1/s1. The largest absolute Gasteiger partial charge is 0.480 e. The fraction of sp³-hybridized carbons (Fsp3) is 0.192. The number of alkyl carbamates (subject to hydrolysis) is 1. The first-order valence-corrected chi connectivity index (χ1v) is 11.1. The molecule has 0 aliphatic carbocycles. The van der Waals surface area contributed by atoms with Crippen LogP contribution in [0, 0.1) is 10.1 Å². The van der Waals surface area contributed by atoms with Crippen LogP contribution < -0.4 is 10.6 Å². The van der Waals surface area contributed by atoms with Crippen LogP contribution in [0.5, 0.6) is 0 Å². The van der Waals surface area contributed by atoms with Crippen molar-refractivity contribution in [3.05, 3.63) is 112 Å². The molecule has 0 bridgehead atoms. The zero-order valence-electron chi connectivity index (χ0n) is 19.2. The third-order valence-corrected chi connectivity index (χ3v) is 5.33. The van der Waals surface area contributed by atoms with Gasteiger partial charge in [-0.05, 0) is 11.1 Å². The molecule has 3 aromatic carbocycles. The minimum atomic E-state index is -1.46. The molecule has 10 heteroatoms. The number of aliphatic carboxylic acids is 1. The van der Waals surface area contributed by atoms with Crippen molar-refractivity contribution in [1.29, 1.82) is 0 Å². The van der Waals surface area contributed by atoms with Crippen LogP contribution in [-0.4, -0.2) is 40.1 Å². The van der Waals surface area contributed by atoms with Gasteiger partial charge in [0, 0.05) is 24.5 Å². The highest BCUT2D eigenvalue weighted by Gasteiger charge is 2.29. The van der Waals surface area contributed by atoms with Crippen molar-refractivity contribution in [2.24, 2.45) is 0 Å². The first-order chi connectivity index (χ1) is 17.3. The molecule has 0 radical (unpaired) electrons. The summed E-state index contributed by atoms with van der Waals surface area (Å²) in [6, 6.07) is 20.9. The number of nitro groups is 1. The fourth-order valence-corrected chi connectivity index (χ4v) is 3.52. The van der Waals surface area contributed by atoms with Crippen LogP contribution in [0.3, 0.4) is 0 Å². The zero-order valence-corrected chi connectivity index (χ0v) is 19.2. The number of carbonyl (C=O) groups is 3. The molecule has 3 N–H and O–H groups in total. The molecular formula is C26H25N3O7. The van der Waals surface area contributed by atoms with Gasteiger partial charge in [0.15, 0.2) is 0 Å². The number of carbonyl (C=O) groups excluding carboxylic acids is 2. The predicted molar refractivity (Wildman–Crippen MR) is 130 cm³/mol. The summed E-state index contributed by atoms with van der Waals surface area (Å²) in [4.78, 5) is 48.1. The van der Waals surface area contributed by atoms with E-state index in [9.17, 15) is 29.6 Å². The van der Waals surface area contributed by atoms with Gasteiger partial charge < -0.3 is 20.5 Å². The molecule has 3 rings (SSSR count). The number of para-hydroxylation sites is 1. The fourth-order valence-electron chi connectivity index (χ4n) is 3.52.